The Morgan fingerprint density at radius 3 is 1.96 bits per heavy atom. The van der Waals surface area contributed by atoms with Gasteiger partial charge in [0.15, 0.2) is 14.7 Å². The van der Waals surface area contributed by atoms with Crippen LogP contribution in [0.2, 0.25) is 5.02 Å². The minimum absolute atomic E-state index is 0.0102. The molecule has 25 heavy (non-hydrogen) atoms. The van der Waals surface area contributed by atoms with E-state index < -0.39 is 41.6 Å². The average Bonchev–Trinajstić information content (AvgIpc) is 2.44. The fourth-order valence-corrected chi connectivity index (χ4v) is 6.08. The molecule has 1 aliphatic heterocycles. The molecule has 0 amide bonds. The van der Waals surface area contributed by atoms with Crippen LogP contribution in [0.3, 0.4) is 0 Å². The summed E-state index contributed by atoms with van der Waals surface area (Å²) in [6, 6.07) is 8.19. The van der Waals surface area contributed by atoms with Gasteiger partial charge >= 0.3 is 0 Å². The third-order valence-electron chi connectivity index (χ3n) is 3.91. The second-order valence-corrected chi connectivity index (χ2v) is 10.0. The Morgan fingerprint density at radius 2 is 1.44 bits per heavy atom. The van der Waals surface area contributed by atoms with E-state index in [2.05, 4.69) is 0 Å². The Bertz CT molecular complexity index is 998. The molecule has 1 aliphatic rings. The summed E-state index contributed by atoms with van der Waals surface area (Å²) in [5.41, 5.74) is 0. The molecule has 134 valence electrons. The largest absolute Gasteiger partial charge is 0.249 e. The van der Waals surface area contributed by atoms with E-state index in [1.807, 2.05) is 0 Å². The van der Waals surface area contributed by atoms with Crippen molar-refractivity contribution in [2.24, 2.45) is 0 Å². The van der Waals surface area contributed by atoms with E-state index in [0.717, 1.165) is 22.5 Å². The molecule has 0 atom stereocenters. The van der Waals surface area contributed by atoms with E-state index in [-0.39, 0.29) is 18.0 Å². The number of rotatable bonds is 4. The van der Waals surface area contributed by atoms with Crippen LogP contribution in [0.1, 0.15) is 0 Å². The lowest BCUT2D eigenvalue weighted by Gasteiger charge is -2.37. The van der Waals surface area contributed by atoms with Gasteiger partial charge in [-0.1, -0.05) is 17.7 Å². The predicted octanol–water partition coefficient (Wildman–Crippen LogP) is 2.47. The molecule has 0 unspecified atom stereocenters. The SMILES string of the molecule is O=S(=O)(c1ccc(Cl)cc1)C1CN(S(=O)(=O)c2c(F)cccc2F)C1. The van der Waals surface area contributed by atoms with Crippen molar-refractivity contribution < 1.29 is 25.6 Å². The maximum Gasteiger partial charge on any atom is 0.249 e. The van der Waals surface area contributed by atoms with Crippen LogP contribution < -0.4 is 0 Å². The van der Waals surface area contributed by atoms with Gasteiger partial charge in [0.05, 0.1) is 10.1 Å². The zero-order valence-corrected chi connectivity index (χ0v) is 15.0. The van der Waals surface area contributed by atoms with Gasteiger partial charge in [-0.15, -0.1) is 0 Å². The van der Waals surface area contributed by atoms with Crippen LogP contribution in [-0.2, 0) is 19.9 Å². The van der Waals surface area contributed by atoms with E-state index >= 15 is 0 Å². The van der Waals surface area contributed by atoms with Crippen LogP contribution >= 0.6 is 11.6 Å². The van der Waals surface area contributed by atoms with Gasteiger partial charge in [0, 0.05) is 18.1 Å². The molecular weight excluding hydrogens is 396 g/mol. The lowest BCUT2D eigenvalue weighted by atomic mass is 10.3. The molecule has 3 rings (SSSR count). The molecular formula is C15H12ClF2NO4S2. The maximum absolute atomic E-state index is 13.7. The number of sulfonamides is 1. The molecule has 0 aromatic heterocycles. The zero-order chi connectivity index (χ0) is 18.4. The van der Waals surface area contributed by atoms with Crippen molar-refractivity contribution in [1.29, 1.82) is 0 Å². The van der Waals surface area contributed by atoms with E-state index in [9.17, 15) is 25.6 Å². The molecule has 0 aliphatic carbocycles. The first-order chi connectivity index (χ1) is 11.6. The van der Waals surface area contributed by atoms with Crippen LogP contribution in [-0.4, -0.2) is 39.5 Å². The van der Waals surface area contributed by atoms with Gasteiger partial charge < -0.3 is 0 Å². The van der Waals surface area contributed by atoms with Crippen molar-refractivity contribution in [3.05, 3.63) is 59.1 Å². The van der Waals surface area contributed by atoms with E-state index in [1.165, 1.54) is 24.3 Å². The molecule has 0 saturated carbocycles. The van der Waals surface area contributed by atoms with Crippen LogP contribution in [0.25, 0.3) is 0 Å². The summed E-state index contributed by atoms with van der Waals surface area (Å²) in [5, 5.41) is -0.620. The molecule has 1 saturated heterocycles. The Labute approximate surface area is 148 Å². The molecule has 0 spiro atoms. The minimum atomic E-state index is -4.45. The first-order valence-corrected chi connectivity index (χ1v) is 10.4. The third kappa shape index (κ3) is 3.17. The number of sulfone groups is 1. The molecule has 2 aromatic carbocycles. The smallest absolute Gasteiger partial charge is 0.223 e. The normalized spacial score (nSPS) is 16.6. The Morgan fingerprint density at radius 1 is 0.920 bits per heavy atom. The molecule has 10 heteroatoms. The van der Waals surface area contributed by atoms with Crippen molar-refractivity contribution in [3.63, 3.8) is 0 Å². The van der Waals surface area contributed by atoms with Gasteiger partial charge in [-0.2, -0.15) is 4.31 Å². The Balaban J connectivity index is 1.83. The molecule has 2 aromatic rings. The number of nitrogens with zero attached hydrogens (tertiary/aromatic N) is 1. The van der Waals surface area contributed by atoms with Crippen LogP contribution in [0.15, 0.2) is 52.3 Å². The van der Waals surface area contributed by atoms with Crippen molar-refractivity contribution in [3.8, 4) is 0 Å². The highest BCUT2D eigenvalue weighted by atomic mass is 35.5. The van der Waals surface area contributed by atoms with Gasteiger partial charge in [0.2, 0.25) is 10.0 Å². The maximum atomic E-state index is 13.7. The van der Waals surface area contributed by atoms with E-state index in [0.29, 0.717) is 5.02 Å². The molecule has 1 fully saturated rings. The van der Waals surface area contributed by atoms with Crippen molar-refractivity contribution in [2.75, 3.05) is 13.1 Å². The van der Waals surface area contributed by atoms with E-state index in [1.54, 1.807) is 0 Å². The van der Waals surface area contributed by atoms with Gasteiger partial charge in [-0.3, -0.25) is 0 Å². The first-order valence-electron chi connectivity index (χ1n) is 7.07. The minimum Gasteiger partial charge on any atom is -0.223 e. The second kappa shape index (κ2) is 6.31. The van der Waals surface area contributed by atoms with Crippen molar-refractivity contribution in [2.45, 2.75) is 15.0 Å². The number of hydrogen-bond acceptors (Lipinski definition) is 4. The van der Waals surface area contributed by atoms with Gasteiger partial charge in [0.1, 0.15) is 11.6 Å². The second-order valence-electron chi connectivity index (χ2n) is 5.49. The van der Waals surface area contributed by atoms with Gasteiger partial charge in [-0.05, 0) is 36.4 Å². The van der Waals surface area contributed by atoms with Gasteiger partial charge in [-0.25, -0.2) is 25.6 Å². The highest BCUT2D eigenvalue weighted by Gasteiger charge is 2.45. The molecule has 5 nitrogen and oxygen atoms in total. The average molecular weight is 408 g/mol. The number of benzene rings is 2. The van der Waals surface area contributed by atoms with Gasteiger partial charge in [0.25, 0.3) is 0 Å². The summed E-state index contributed by atoms with van der Waals surface area (Å²) in [4.78, 5) is -1.06. The molecule has 0 bridgehead atoms. The fourth-order valence-electron chi connectivity index (χ4n) is 2.47. The molecule has 0 N–H and O–H groups in total. The quantitative estimate of drug-likeness (QED) is 0.780. The summed E-state index contributed by atoms with van der Waals surface area (Å²) in [6.07, 6.45) is 0. The fraction of sp³-hybridized carbons (Fsp3) is 0.200. The highest BCUT2D eigenvalue weighted by Crippen LogP contribution is 2.31. The summed E-state index contributed by atoms with van der Waals surface area (Å²) in [6.45, 7) is -0.748. The first kappa shape index (κ1) is 18.2. The topological polar surface area (TPSA) is 71.5 Å². The third-order valence-corrected chi connectivity index (χ3v) is 8.15. The molecule has 0 radical (unpaired) electrons. The molecule has 1 heterocycles. The zero-order valence-electron chi connectivity index (χ0n) is 12.6. The van der Waals surface area contributed by atoms with Crippen LogP contribution in [0.4, 0.5) is 8.78 Å². The van der Waals surface area contributed by atoms with Crippen LogP contribution in [0, 0.1) is 11.6 Å². The standard InChI is InChI=1S/C15H12ClF2NO4S2/c16-10-4-6-11(7-5-10)24(20,21)12-8-19(9-12)25(22,23)15-13(17)2-1-3-14(15)18/h1-7,12H,8-9H2. The summed E-state index contributed by atoms with van der Waals surface area (Å²) >= 11 is 5.72. The van der Waals surface area contributed by atoms with Crippen LogP contribution in [0.5, 0.6) is 0 Å². The summed E-state index contributed by atoms with van der Waals surface area (Å²) in [7, 11) is -8.21. The van der Waals surface area contributed by atoms with E-state index in [4.69, 9.17) is 11.6 Å². The summed E-state index contributed by atoms with van der Waals surface area (Å²) in [5.74, 6) is -2.44. The lowest BCUT2D eigenvalue weighted by Crippen LogP contribution is -2.56. The Kier molecular flexibility index (Phi) is 4.61. The number of hydrogen-bond donors (Lipinski definition) is 0. The van der Waals surface area contributed by atoms with Crippen molar-refractivity contribution in [1.82, 2.24) is 4.31 Å². The van der Waals surface area contributed by atoms with Crippen molar-refractivity contribution >= 4 is 31.5 Å². The number of halogens is 3. The highest BCUT2D eigenvalue weighted by molar-refractivity contribution is 7.92. The lowest BCUT2D eigenvalue weighted by molar-refractivity contribution is 0.306. The predicted molar refractivity (Wildman–Crippen MR) is 87.5 cm³/mol. The monoisotopic (exact) mass is 407 g/mol. The Hall–Kier alpha value is -1.55. The summed E-state index contributed by atoms with van der Waals surface area (Å²) < 4.78 is 77.8.